The van der Waals surface area contributed by atoms with Gasteiger partial charge < -0.3 is 14.9 Å². The molecule has 1 N–H and O–H groups in total. The Labute approximate surface area is 183 Å². The molecule has 0 radical (unpaired) electrons. The minimum atomic E-state index is -0.528. The average molecular weight is 423 g/mol. The van der Waals surface area contributed by atoms with E-state index in [1.54, 1.807) is 13.3 Å². The first kappa shape index (κ1) is 21.5. The molecule has 164 valence electrons. The van der Waals surface area contributed by atoms with E-state index in [-0.39, 0.29) is 18.1 Å². The molecule has 0 unspecified atom stereocenters. The summed E-state index contributed by atoms with van der Waals surface area (Å²) in [5.74, 6) is 0.676. The van der Waals surface area contributed by atoms with Gasteiger partial charge in [0.05, 0.1) is 6.04 Å². The van der Waals surface area contributed by atoms with Crippen molar-refractivity contribution in [1.29, 1.82) is 0 Å². The van der Waals surface area contributed by atoms with Crippen LogP contribution < -0.4 is 10.2 Å². The Balaban J connectivity index is 1.63. The molecule has 0 bridgehead atoms. The van der Waals surface area contributed by atoms with Crippen molar-refractivity contribution in [2.75, 3.05) is 25.1 Å². The number of ether oxygens (including phenoxy) is 1. The zero-order valence-electron chi connectivity index (χ0n) is 18.6. The summed E-state index contributed by atoms with van der Waals surface area (Å²) >= 11 is 0. The van der Waals surface area contributed by atoms with Gasteiger partial charge in [-0.05, 0) is 63.9 Å². The van der Waals surface area contributed by atoms with Gasteiger partial charge in [0.1, 0.15) is 17.6 Å². The highest BCUT2D eigenvalue weighted by Gasteiger charge is 2.42. The molecule has 2 atom stereocenters. The molecule has 7 nitrogen and oxygen atoms in total. The number of methoxy groups -OCH3 is 1. The van der Waals surface area contributed by atoms with Crippen LogP contribution in [0.1, 0.15) is 48.2 Å². The lowest BCUT2D eigenvalue weighted by Crippen LogP contribution is -2.49. The summed E-state index contributed by atoms with van der Waals surface area (Å²) < 4.78 is 5.61. The SMILES string of the molecule is CO[C@@H]1C(c2ccc(C(=O)N(c3ncccc3C)[C@@H]3CCCNC3)cc2)=NOC1(C)C. The van der Waals surface area contributed by atoms with Crippen LogP contribution in [0.3, 0.4) is 0 Å². The van der Waals surface area contributed by atoms with Crippen LogP contribution in [-0.2, 0) is 9.57 Å². The minimum Gasteiger partial charge on any atom is -0.386 e. The number of carbonyl (C=O) groups is 1. The fraction of sp³-hybridized carbons (Fsp3) is 0.458. The lowest BCUT2D eigenvalue weighted by Gasteiger charge is -2.34. The van der Waals surface area contributed by atoms with Gasteiger partial charge in [0, 0.05) is 31.0 Å². The quantitative estimate of drug-likeness (QED) is 0.800. The van der Waals surface area contributed by atoms with E-state index in [0.29, 0.717) is 5.56 Å². The molecule has 2 aliphatic heterocycles. The summed E-state index contributed by atoms with van der Waals surface area (Å²) in [4.78, 5) is 25.6. The number of amides is 1. The molecule has 2 aromatic rings. The van der Waals surface area contributed by atoms with E-state index >= 15 is 0 Å². The molecule has 1 aromatic heterocycles. The van der Waals surface area contributed by atoms with Gasteiger partial charge in [-0.15, -0.1) is 0 Å². The van der Waals surface area contributed by atoms with E-state index < -0.39 is 5.60 Å². The number of piperidine rings is 1. The van der Waals surface area contributed by atoms with E-state index in [9.17, 15) is 4.79 Å². The minimum absolute atomic E-state index is 0.0460. The van der Waals surface area contributed by atoms with Crippen molar-refractivity contribution in [3.05, 3.63) is 59.3 Å². The fourth-order valence-corrected chi connectivity index (χ4v) is 4.33. The molecule has 4 rings (SSSR count). The maximum Gasteiger partial charge on any atom is 0.259 e. The van der Waals surface area contributed by atoms with Crippen molar-refractivity contribution in [1.82, 2.24) is 10.3 Å². The van der Waals surface area contributed by atoms with Crippen molar-refractivity contribution >= 4 is 17.4 Å². The lowest BCUT2D eigenvalue weighted by molar-refractivity contribution is -0.0614. The number of oxime groups is 1. The topological polar surface area (TPSA) is 76.0 Å². The number of benzene rings is 1. The third-order valence-electron chi connectivity index (χ3n) is 5.99. The van der Waals surface area contributed by atoms with Crippen LogP contribution in [0.2, 0.25) is 0 Å². The van der Waals surface area contributed by atoms with Gasteiger partial charge >= 0.3 is 0 Å². The summed E-state index contributed by atoms with van der Waals surface area (Å²) in [6.07, 6.45) is 3.46. The second-order valence-corrected chi connectivity index (χ2v) is 8.68. The van der Waals surface area contributed by atoms with Crippen molar-refractivity contribution in [2.45, 2.75) is 51.4 Å². The van der Waals surface area contributed by atoms with Crippen LogP contribution in [0.5, 0.6) is 0 Å². The van der Waals surface area contributed by atoms with Gasteiger partial charge in [0.2, 0.25) is 0 Å². The first-order valence-corrected chi connectivity index (χ1v) is 10.8. The van der Waals surface area contributed by atoms with Crippen molar-refractivity contribution in [2.24, 2.45) is 5.16 Å². The van der Waals surface area contributed by atoms with Crippen molar-refractivity contribution in [3.8, 4) is 0 Å². The standard InChI is InChI=1S/C24H30N4O3/c1-16-7-5-14-26-22(16)28(19-8-6-13-25-15-19)23(29)18-11-9-17(10-12-18)20-21(30-4)24(2,3)31-27-20/h5,7,9-12,14,19,21,25H,6,8,13,15H2,1-4H3/t19-,21-/m1/s1. The lowest BCUT2D eigenvalue weighted by atomic mass is 9.93. The number of rotatable bonds is 5. The number of nitrogens with zero attached hydrogens (tertiary/aromatic N) is 3. The van der Waals surface area contributed by atoms with Gasteiger partial charge in [0.15, 0.2) is 5.60 Å². The number of anilines is 1. The first-order valence-electron chi connectivity index (χ1n) is 10.8. The van der Waals surface area contributed by atoms with Gasteiger partial charge in [-0.25, -0.2) is 4.98 Å². The van der Waals surface area contributed by atoms with E-state index in [1.807, 2.05) is 62.1 Å². The monoisotopic (exact) mass is 422 g/mol. The van der Waals surface area contributed by atoms with E-state index in [1.165, 1.54) is 0 Å². The van der Waals surface area contributed by atoms with Crippen molar-refractivity contribution < 1.29 is 14.4 Å². The predicted molar refractivity (Wildman–Crippen MR) is 121 cm³/mol. The molecule has 0 aliphatic carbocycles. The summed E-state index contributed by atoms with van der Waals surface area (Å²) in [6, 6.07) is 11.5. The van der Waals surface area contributed by atoms with Crippen LogP contribution in [0, 0.1) is 6.92 Å². The molecule has 1 aromatic carbocycles. The summed E-state index contributed by atoms with van der Waals surface area (Å²) in [6.45, 7) is 7.63. The van der Waals surface area contributed by atoms with E-state index in [4.69, 9.17) is 9.57 Å². The normalized spacial score (nSPS) is 22.5. The number of pyridine rings is 1. The fourth-order valence-electron chi connectivity index (χ4n) is 4.33. The Morgan fingerprint density at radius 3 is 2.68 bits per heavy atom. The molecule has 3 heterocycles. The van der Waals surface area contributed by atoms with Crippen LogP contribution >= 0.6 is 0 Å². The second kappa shape index (κ2) is 8.77. The Hall–Kier alpha value is -2.77. The van der Waals surface area contributed by atoms with Gasteiger partial charge in [0.25, 0.3) is 5.91 Å². The van der Waals surface area contributed by atoms with Crippen LogP contribution in [-0.4, -0.2) is 54.5 Å². The van der Waals surface area contributed by atoms with Crippen LogP contribution in [0.15, 0.2) is 47.8 Å². The molecule has 1 saturated heterocycles. The van der Waals surface area contributed by atoms with E-state index in [0.717, 1.165) is 48.6 Å². The number of aryl methyl sites for hydroxylation is 1. The second-order valence-electron chi connectivity index (χ2n) is 8.68. The summed E-state index contributed by atoms with van der Waals surface area (Å²) in [5.41, 5.74) is 2.70. The average Bonchev–Trinajstić information content (AvgIpc) is 3.10. The maximum absolute atomic E-state index is 13.6. The molecule has 2 aliphatic rings. The van der Waals surface area contributed by atoms with E-state index in [2.05, 4.69) is 15.5 Å². The predicted octanol–water partition coefficient (Wildman–Crippen LogP) is 3.32. The summed E-state index contributed by atoms with van der Waals surface area (Å²) in [7, 11) is 1.65. The molecule has 1 fully saturated rings. The first-order chi connectivity index (χ1) is 14.9. The smallest absolute Gasteiger partial charge is 0.259 e. The highest BCUT2D eigenvalue weighted by atomic mass is 16.7. The molecule has 31 heavy (non-hydrogen) atoms. The third-order valence-corrected chi connectivity index (χ3v) is 5.99. The number of carbonyl (C=O) groups excluding carboxylic acids is 1. The van der Waals surface area contributed by atoms with Gasteiger partial charge in [-0.1, -0.05) is 23.4 Å². The maximum atomic E-state index is 13.6. The number of hydrogen-bond acceptors (Lipinski definition) is 6. The molecule has 0 spiro atoms. The highest BCUT2D eigenvalue weighted by molar-refractivity contribution is 6.08. The summed E-state index contributed by atoms with van der Waals surface area (Å²) in [5, 5.41) is 7.64. The number of aromatic nitrogens is 1. The zero-order chi connectivity index (χ0) is 22.0. The van der Waals surface area contributed by atoms with Gasteiger partial charge in [-0.2, -0.15) is 0 Å². The van der Waals surface area contributed by atoms with Crippen molar-refractivity contribution in [3.63, 3.8) is 0 Å². The largest absolute Gasteiger partial charge is 0.386 e. The molecule has 1 amide bonds. The number of hydrogen-bond donors (Lipinski definition) is 1. The highest BCUT2D eigenvalue weighted by Crippen LogP contribution is 2.29. The molecular weight excluding hydrogens is 392 g/mol. The number of nitrogens with one attached hydrogen (secondary N) is 1. The molecule has 7 heteroatoms. The Morgan fingerprint density at radius 2 is 2.03 bits per heavy atom. The third kappa shape index (κ3) is 4.20. The van der Waals surface area contributed by atoms with Crippen LogP contribution in [0.25, 0.3) is 0 Å². The van der Waals surface area contributed by atoms with Crippen LogP contribution in [0.4, 0.5) is 5.82 Å². The zero-order valence-corrected chi connectivity index (χ0v) is 18.6. The molecule has 0 saturated carbocycles. The Kier molecular flexibility index (Phi) is 6.07. The Bertz CT molecular complexity index is 965. The Morgan fingerprint density at radius 1 is 1.26 bits per heavy atom. The molecular formula is C24H30N4O3. The van der Waals surface area contributed by atoms with Gasteiger partial charge in [-0.3, -0.25) is 9.69 Å².